The van der Waals surface area contributed by atoms with Gasteiger partial charge in [-0.15, -0.1) is 0 Å². The van der Waals surface area contributed by atoms with Gasteiger partial charge in [0, 0.05) is 25.9 Å². The first-order valence-corrected chi connectivity index (χ1v) is 6.87. The van der Waals surface area contributed by atoms with Crippen LogP contribution in [0.5, 0.6) is 5.75 Å². The number of methoxy groups -OCH3 is 1. The van der Waals surface area contributed by atoms with Gasteiger partial charge in [-0.05, 0) is 26.0 Å². The van der Waals surface area contributed by atoms with Crippen LogP contribution in [0.25, 0.3) is 5.69 Å². The molecular formula is C15H20FN3O2. The number of halogens is 1. The second-order valence-electron chi connectivity index (χ2n) is 4.54. The van der Waals surface area contributed by atoms with Crippen LogP contribution >= 0.6 is 0 Å². The highest BCUT2D eigenvalue weighted by atomic mass is 19.1. The van der Waals surface area contributed by atoms with Crippen LogP contribution in [0.2, 0.25) is 0 Å². The minimum Gasteiger partial charge on any atom is -0.491 e. The fourth-order valence-electron chi connectivity index (χ4n) is 2.00. The number of benzene rings is 1. The molecule has 2 aromatic rings. The van der Waals surface area contributed by atoms with Crippen molar-refractivity contribution in [2.24, 2.45) is 0 Å². The summed E-state index contributed by atoms with van der Waals surface area (Å²) in [5.74, 6) is 0.531. The Bertz CT molecular complexity index is 599. The molecule has 0 spiro atoms. The average Bonchev–Trinajstić information content (AvgIpc) is 2.83. The summed E-state index contributed by atoms with van der Waals surface area (Å²) < 4.78 is 26.0. The maximum absolute atomic E-state index is 14.0. The van der Waals surface area contributed by atoms with Crippen LogP contribution in [0.4, 0.5) is 10.3 Å². The van der Waals surface area contributed by atoms with Gasteiger partial charge in [0.1, 0.15) is 0 Å². The molecule has 0 atom stereocenters. The lowest BCUT2D eigenvalue weighted by Gasteiger charge is -2.11. The third-order valence-corrected chi connectivity index (χ3v) is 2.91. The normalized spacial score (nSPS) is 10.7. The molecule has 1 aromatic carbocycles. The molecule has 1 N–H and O–H groups in total. The largest absolute Gasteiger partial charge is 0.491 e. The van der Waals surface area contributed by atoms with Gasteiger partial charge in [0.15, 0.2) is 11.6 Å². The second-order valence-corrected chi connectivity index (χ2v) is 4.54. The summed E-state index contributed by atoms with van der Waals surface area (Å²) in [6.07, 6.45) is 1.85. The standard InChI is InChI=1S/C15H20FN3O2/c1-4-21-14-6-5-12(9-13(14)16)19-10-11(2)18-15(19)17-7-8-20-3/h5-6,9-10H,4,7-8H2,1-3H3,(H,17,18). The smallest absolute Gasteiger partial charge is 0.207 e. The van der Waals surface area contributed by atoms with E-state index in [0.717, 1.165) is 5.69 Å². The van der Waals surface area contributed by atoms with Gasteiger partial charge in [0.2, 0.25) is 5.95 Å². The van der Waals surface area contributed by atoms with Gasteiger partial charge in [0.25, 0.3) is 0 Å². The number of anilines is 1. The molecular weight excluding hydrogens is 273 g/mol. The quantitative estimate of drug-likeness (QED) is 0.798. The predicted molar refractivity (Wildman–Crippen MR) is 79.8 cm³/mol. The van der Waals surface area contributed by atoms with Gasteiger partial charge in [-0.3, -0.25) is 4.57 Å². The lowest BCUT2D eigenvalue weighted by molar-refractivity contribution is 0.210. The van der Waals surface area contributed by atoms with E-state index in [1.54, 1.807) is 19.2 Å². The fourth-order valence-corrected chi connectivity index (χ4v) is 2.00. The lowest BCUT2D eigenvalue weighted by atomic mass is 10.3. The zero-order valence-electron chi connectivity index (χ0n) is 12.5. The maximum atomic E-state index is 14.0. The molecule has 0 aliphatic heterocycles. The van der Waals surface area contributed by atoms with E-state index in [9.17, 15) is 4.39 Å². The second kappa shape index (κ2) is 7.08. The van der Waals surface area contributed by atoms with Crippen molar-refractivity contribution in [3.63, 3.8) is 0 Å². The first-order chi connectivity index (χ1) is 10.2. The summed E-state index contributed by atoms with van der Waals surface area (Å²) in [7, 11) is 1.64. The van der Waals surface area contributed by atoms with Crippen LogP contribution in [0, 0.1) is 12.7 Å². The molecule has 0 saturated heterocycles. The highest BCUT2D eigenvalue weighted by Crippen LogP contribution is 2.23. The van der Waals surface area contributed by atoms with Crippen LogP contribution in [0.3, 0.4) is 0 Å². The Kier molecular flexibility index (Phi) is 5.16. The summed E-state index contributed by atoms with van der Waals surface area (Å²) in [5.41, 5.74) is 1.54. The Balaban J connectivity index is 2.26. The van der Waals surface area contributed by atoms with Gasteiger partial charge in [-0.25, -0.2) is 9.37 Å². The first-order valence-electron chi connectivity index (χ1n) is 6.87. The van der Waals surface area contributed by atoms with Crippen molar-refractivity contribution in [1.82, 2.24) is 9.55 Å². The van der Waals surface area contributed by atoms with Crippen LogP contribution < -0.4 is 10.1 Å². The summed E-state index contributed by atoms with van der Waals surface area (Å²) >= 11 is 0. The lowest BCUT2D eigenvalue weighted by Crippen LogP contribution is -2.11. The monoisotopic (exact) mass is 293 g/mol. The highest BCUT2D eigenvalue weighted by molar-refractivity contribution is 5.45. The van der Waals surface area contributed by atoms with E-state index >= 15 is 0 Å². The van der Waals surface area contributed by atoms with E-state index in [4.69, 9.17) is 9.47 Å². The van der Waals surface area contributed by atoms with Crippen molar-refractivity contribution >= 4 is 5.95 Å². The summed E-state index contributed by atoms with van der Waals surface area (Å²) in [5, 5.41) is 3.17. The molecule has 0 radical (unpaired) electrons. The van der Waals surface area contributed by atoms with Gasteiger partial charge in [-0.1, -0.05) is 0 Å². The van der Waals surface area contributed by atoms with Gasteiger partial charge in [0.05, 0.1) is 24.6 Å². The number of hydrogen-bond acceptors (Lipinski definition) is 4. The zero-order valence-corrected chi connectivity index (χ0v) is 12.5. The zero-order chi connectivity index (χ0) is 15.2. The number of aromatic nitrogens is 2. The molecule has 0 amide bonds. The molecule has 1 aromatic heterocycles. The van der Waals surface area contributed by atoms with E-state index in [1.165, 1.54) is 6.07 Å². The minimum absolute atomic E-state index is 0.256. The summed E-state index contributed by atoms with van der Waals surface area (Å²) in [6.45, 7) is 5.35. The Labute approximate surface area is 123 Å². The maximum Gasteiger partial charge on any atom is 0.207 e. The van der Waals surface area contributed by atoms with Crippen LogP contribution in [-0.4, -0.2) is 36.4 Å². The number of ether oxygens (including phenoxy) is 2. The predicted octanol–water partition coefficient (Wildman–Crippen LogP) is 2.78. The Hall–Kier alpha value is -2.08. The number of aryl methyl sites for hydroxylation is 1. The third kappa shape index (κ3) is 3.72. The molecule has 0 aliphatic rings. The van der Waals surface area contributed by atoms with E-state index in [0.29, 0.717) is 31.4 Å². The Morgan fingerprint density at radius 3 is 2.86 bits per heavy atom. The molecule has 0 aliphatic carbocycles. The van der Waals surface area contributed by atoms with Crippen molar-refractivity contribution in [2.75, 3.05) is 32.2 Å². The minimum atomic E-state index is -0.386. The van der Waals surface area contributed by atoms with Crippen molar-refractivity contribution < 1.29 is 13.9 Å². The number of hydrogen-bond donors (Lipinski definition) is 1. The summed E-state index contributed by atoms with van der Waals surface area (Å²) in [4.78, 5) is 4.39. The molecule has 5 nitrogen and oxygen atoms in total. The number of rotatable bonds is 7. The van der Waals surface area contributed by atoms with E-state index < -0.39 is 0 Å². The van der Waals surface area contributed by atoms with Gasteiger partial charge < -0.3 is 14.8 Å². The molecule has 0 fully saturated rings. The molecule has 6 heteroatoms. The van der Waals surface area contributed by atoms with Crippen molar-refractivity contribution in [3.05, 3.63) is 35.9 Å². The van der Waals surface area contributed by atoms with Crippen LogP contribution in [-0.2, 0) is 4.74 Å². The Morgan fingerprint density at radius 2 is 2.19 bits per heavy atom. The van der Waals surface area contributed by atoms with Gasteiger partial charge >= 0.3 is 0 Å². The van der Waals surface area contributed by atoms with E-state index in [2.05, 4.69) is 10.3 Å². The molecule has 0 saturated carbocycles. The SMILES string of the molecule is CCOc1ccc(-n2cc(C)nc2NCCOC)cc1F. The fraction of sp³-hybridized carbons (Fsp3) is 0.400. The van der Waals surface area contributed by atoms with Crippen molar-refractivity contribution in [3.8, 4) is 11.4 Å². The number of imidazole rings is 1. The van der Waals surface area contributed by atoms with Crippen molar-refractivity contribution in [2.45, 2.75) is 13.8 Å². The van der Waals surface area contributed by atoms with E-state index in [1.807, 2.05) is 24.6 Å². The Morgan fingerprint density at radius 1 is 1.38 bits per heavy atom. The van der Waals surface area contributed by atoms with Crippen LogP contribution in [0.1, 0.15) is 12.6 Å². The number of nitrogens with zero attached hydrogens (tertiary/aromatic N) is 2. The molecule has 1 heterocycles. The van der Waals surface area contributed by atoms with Crippen LogP contribution in [0.15, 0.2) is 24.4 Å². The highest BCUT2D eigenvalue weighted by Gasteiger charge is 2.10. The molecule has 2 rings (SSSR count). The molecule has 114 valence electrons. The third-order valence-electron chi connectivity index (χ3n) is 2.91. The first kappa shape index (κ1) is 15.3. The summed E-state index contributed by atoms with van der Waals surface area (Å²) in [6, 6.07) is 4.87. The van der Waals surface area contributed by atoms with E-state index in [-0.39, 0.29) is 11.6 Å². The molecule has 0 bridgehead atoms. The average molecular weight is 293 g/mol. The topological polar surface area (TPSA) is 48.3 Å². The van der Waals surface area contributed by atoms with Crippen molar-refractivity contribution in [1.29, 1.82) is 0 Å². The molecule has 21 heavy (non-hydrogen) atoms. The van der Waals surface area contributed by atoms with Gasteiger partial charge in [-0.2, -0.15) is 0 Å². The number of nitrogens with one attached hydrogen (secondary N) is 1. The molecule has 0 unspecified atom stereocenters.